The molecular formula is C24H29FN4O5. The van der Waals surface area contributed by atoms with Crippen molar-refractivity contribution in [2.75, 3.05) is 46.5 Å². The monoisotopic (exact) mass is 472 g/mol. The Kier molecular flexibility index (Phi) is 9.80. The summed E-state index contributed by atoms with van der Waals surface area (Å²) in [6.45, 7) is 4.72. The average Bonchev–Trinajstić information content (AvgIpc) is 2.87. The molecule has 3 rings (SSSR count). The maximum atomic E-state index is 13.0. The van der Waals surface area contributed by atoms with Crippen molar-refractivity contribution in [1.29, 1.82) is 0 Å². The number of amides is 2. The number of hydrogen-bond acceptors (Lipinski definition) is 7. The van der Waals surface area contributed by atoms with E-state index in [4.69, 9.17) is 14.2 Å². The van der Waals surface area contributed by atoms with Gasteiger partial charge < -0.3 is 19.5 Å². The Morgan fingerprint density at radius 1 is 1.12 bits per heavy atom. The third-order valence-electron chi connectivity index (χ3n) is 5.12. The molecule has 1 heterocycles. The molecule has 9 nitrogen and oxygen atoms in total. The van der Waals surface area contributed by atoms with Gasteiger partial charge in [-0.2, -0.15) is 5.10 Å². The van der Waals surface area contributed by atoms with Crippen molar-refractivity contribution in [2.24, 2.45) is 5.10 Å². The second-order valence-electron chi connectivity index (χ2n) is 7.59. The van der Waals surface area contributed by atoms with Crippen LogP contribution >= 0.6 is 0 Å². The smallest absolute Gasteiger partial charge is 0.329 e. The van der Waals surface area contributed by atoms with Crippen LogP contribution in [-0.2, 0) is 20.9 Å². The van der Waals surface area contributed by atoms with Gasteiger partial charge in [0, 0.05) is 19.6 Å². The normalized spacial score (nSPS) is 14.1. The Morgan fingerprint density at radius 3 is 2.62 bits per heavy atom. The van der Waals surface area contributed by atoms with Gasteiger partial charge in [-0.3, -0.25) is 14.5 Å². The van der Waals surface area contributed by atoms with Crippen LogP contribution in [0.25, 0.3) is 0 Å². The van der Waals surface area contributed by atoms with E-state index >= 15 is 0 Å². The number of benzene rings is 2. The Morgan fingerprint density at radius 2 is 1.88 bits per heavy atom. The van der Waals surface area contributed by atoms with E-state index in [2.05, 4.69) is 20.7 Å². The number of rotatable bonds is 10. The molecule has 182 valence electrons. The lowest BCUT2D eigenvalue weighted by Crippen LogP contribution is -2.40. The summed E-state index contributed by atoms with van der Waals surface area (Å²) < 4.78 is 29.4. The molecule has 0 aliphatic carbocycles. The highest BCUT2D eigenvalue weighted by atomic mass is 19.1. The third-order valence-corrected chi connectivity index (χ3v) is 5.12. The molecule has 1 aliphatic rings. The van der Waals surface area contributed by atoms with Crippen molar-refractivity contribution in [1.82, 2.24) is 15.6 Å². The molecule has 1 saturated heterocycles. The fraction of sp³-hybridized carbons (Fsp3) is 0.375. The maximum Gasteiger partial charge on any atom is 0.329 e. The molecular weight excluding hydrogens is 443 g/mol. The maximum absolute atomic E-state index is 13.0. The van der Waals surface area contributed by atoms with Crippen molar-refractivity contribution in [3.63, 3.8) is 0 Å². The van der Waals surface area contributed by atoms with Crippen molar-refractivity contribution in [3.05, 3.63) is 59.4 Å². The summed E-state index contributed by atoms with van der Waals surface area (Å²) in [5, 5.41) is 6.42. The van der Waals surface area contributed by atoms with Crippen LogP contribution in [0.4, 0.5) is 4.39 Å². The molecule has 0 bridgehead atoms. The number of methoxy groups -OCH3 is 1. The molecule has 0 aromatic heterocycles. The molecule has 0 radical (unpaired) electrons. The summed E-state index contributed by atoms with van der Waals surface area (Å²) >= 11 is 0. The van der Waals surface area contributed by atoms with Crippen LogP contribution in [0.3, 0.4) is 0 Å². The number of carbonyl (C=O) groups excluding carboxylic acids is 2. The molecule has 1 fully saturated rings. The predicted molar refractivity (Wildman–Crippen MR) is 124 cm³/mol. The molecule has 2 aromatic rings. The molecule has 2 N–H and O–H groups in total. The summed E-state index contributed by atoms with van der Waals surface area (Å²) in [4.78, 5) is 26.1. The van der Waals surface area contributed by atoms with Crippen LogP contribution in [0, 0.1) is 5.82 Å². The summed E-state index contributed by atoms with van der Waals surface area (Å²) in [5.74, 6) is -0.909. The summed E-state index contributed by atoms with van der Waals surface area (Å²) in [6.07, 6.45) is 2.15. The molecule has 2 amide bonds. The van der Waals surface area contributed by atoms with E-state index in [0.29, 0.717) is 23.6 Å². The van der Waals surface area contributed by atoms with E-state index in [1.54, 1.807) is 30.3 Å². The highest BCUT2D eigenvalue weighted by molar-refractivity contribution is 6.35. The summed E-state index contributed by atoms with van der Waals surface area (Å²) in [6, 6.07) is 11.1. The van der Waals surface area contributed by atoms with Gasteiger partial charge in [0.2, 0.25) is 0 Å². The number of hydrazone groups is 1. The van der Waals surface area contributed by atoms with Crippen LogP contribution in [0.1, 0.15) is 17.5 Å². The van der Waals surface area contributed by atoms with Crippen molar-refractivity contribution in [3.8, 4) is 11.5 Å². The lowest BCUT2D eigenvalue weighted by Gasteiger charge is -2.26. The SMILES string of the molecule is COc1cc(/C=N\NC(=O)C(=O)NCCCN2CCOCC2)ccc1OCc1ccc(F)cc1. The van der Waals surface area contributed by atoms with Crippen LogP contribution < -0.4 is 20.2 Å². The van der Waals surface area contributed by atoms with E-state index in [1.165, 1.54) is 25.5 Å². The number of hydrogen-bond donors (Lipinski definition) is 2. The number of nitrogens with zero attached hydrogens (tertiary/aromatic N) is 2. The van der Waals surface area contributed by atoms with E-state index < -0.39 is 11.8 Å². The molecule has 0 spiro atoms. The van der Waals surface area contributed by atoms with E-state index in [0.717, 1.165) is 44.8 Å². The topological polar surface area (TPSA) is 101 Å². The number of halogens is 1. The van der Waals surface area contributed by atoms with Gasteiger partial charge in [-0.25, -0.2) is 9.82 Å². The molecule has 1 aliphatic heterocycles. The van der Waals surface area contributed by atoms with Crippen LogP contribution in [0.2, 0.25) is 0 Å². The number of nitrogens with one attached hydrogen (secondary N) is 2. The molecule has 0 atom stereocenters. The Labute approximate surface area is 197 Å². The highest BCUT2D eigenvalue weighted by Crippen LogP contribution is 2.28. The summed E-state index contributed by atoms with van der Waals surface area (Å²) in [5.41, 5.74) is 3.67. The first-order valence-electron chi connectivity index (χ1n) is 11.0. The first-order chi connectivity index (χ1) is 16.5. The van der Waals surface area contributed by atoms with E-state index in [1.807, 2.05) is 0 Å². The van der Waals surface area contributed by atoms with Crippen LogP contribution in [-0.4, -0.2) is 69.4 Å². The van der Waals surface area contributed by atoms with E-state index in [-0.39, 0.29) is 12.4 Å². The standard InChI is InChI=1S/C24H29FN4O5/c1-32-22-15-19(5-8-21(22)34-17-18-3-6-20(25)7-4-18)16-27-28-24(31)23(30)26-9-2-10-29-11-13-33-14-12-29/h3-8,15-16H,2,9-14,17H2,1H3,(H,26,30)(H,28,31)/b27-16-. The van der Waals surface area contributed by atoms with Crippen molar-refractivity contribution in [2.45, 2.75) is 13.0 Å². The first-order valence-corrected chi connectivity index (χ1v) is 11.0. The second-order valence-corrected chi connectivity index (χ2v) is 7.59. The summed E-state index contributed by atoms with van der Waals surface area (Å²) in [7, 11) is 1.51. The second kappa shape index (κ2) is 13.3. The van der Waals surface area contributed by atoms with Crippen molar-refractivity contribution >= 4 is 18.0 Å². The first kappa shape index (κ1) is 25.1. The predicted octanol–water partition coefficient (Wildman–Crippen LogP) is 1.70. The van der Waals surface area contributed by atoms with Crippen LogP contribution in [0.5, 0.6) is 11.5 Å². The van der Waals surface area contributed by atoms with Gasteiger partial charge in [0.1, 0.15) is 12.4 Å². The van der Waals surface area contributed by atoms with Gasteiger partial charge in [0.15, 0.2) is 11.5 Å². The zero-order valence-electron chi connectivity index (χ0n) is 19.1. The minimum absolute atomic E-state index is 0.252. The molecule has 0 saturated carbocycles. The average molecular weight is 473 g/mol. The van der Waals surface area contributed by atoms with Crippen LogP contribution in [0.15, 0.2) is 47.6 Å². The minimum Gasteiger partial charge on any atom is -0.493 e. The number of morpholine rings is 1. The van der Waals surface area contributed by atoms with Gasteiger partial charge in [-0.05, 0) is 54.4 Å². The Hall–Kier alpha value is -3.50. The van der Waals surface area contributed by atoms with Gasteiger partial charge in [-0.1, -0.05) is 12.1 Å². The lowest BCUT2D eigenvalue weighted by molar-refractivity contribution is -0.139. The highest BCUT2D eigenvalue weighted by Gasteiger charge is 2.13. The lowest BCUT2D eigenvalue weighted by atomic mass is 10.2. The molecule has 34 heavy (non-hydrogen) atoms. The minimum atomic E-state index is -0.839. The number of ether oxygens (including phenoxy) is 3. The quantitative estimate of drug-likeness (QED) is 0.236. The van der Waals surface area contributed by atoms with Crippen molar-refractivity contribution < 1.29 is 28.2 Å². The molecule has 0 unspecified atom stereocenters. The molecule has 10 heteroatoms. The third kappa shape index (κ3) is 8.13. The molecule has 2 aromatic carbocycles. The zero-order chi connectivity index (χ0) is 24.2. The van der Waals surface area contributed by atoms with Gasteiger partial charge in [0.25, 0.3) is 0 Å². The fourth-order valence-electron chi connectivity index (χ4n) is 3.25. The Balaban J connectivity index is 1.41. The fourth-order valence-corrected chi connectivity index (χ4v) is 3.25. The van der Waals surface area contributed by atoms with E-state index in [9.17, 15) is 14.0 Å². The van der Waals surface area contributed by atoms with Gasteiger partial charge in [0.05, 0.1) is 26.5 Å². The Bertz CT molecular complexity index is 978. The zero-order valence-corrected chi connectivity index (χ0v) is 19.1. The largest absolute Gasteiger partial charge is 0.493 e. The number of carbonyl (C=O) groups is 2. The van der Waals surface area contributed by atoms with Gasteiger partial charge >= 0.3 is 11.8 Å². The van der Waals surface area contributed by atoms with Gasteiger partial charge in [-0.15, -0.1) is 0 Å².